The lowest BCUT2D eigenvalue weighted by molar-refractivity contribution is -0.122. The molecule has 3 N–H and O–H groups in total. The maximum atomic E-state index is 12.2. The van der Waals surface area contributed by atoms with E-state index in [9.17, 15) is 4.79 Å². The van der Waals surface area contributed by atoms with Gasteiger partial charge in [-0.05, 0) is 43.0 Å². The van der Waals surface area contributed by atoms with Gasteiger partial charge in [-0.25, -0.2) is 0 Å². The number of amides is 1. The van der Waals surface area contributed by atoms with Crippen LogP contribution in [-0.2, 0) is 11.2 Å². The highest BCUT2D eigenvalue weighted by atomic mass is 35.5. The van der Waals surface area contributed by atoms with E-state index in [1.165, 1.54) is 0 Å². The number of hydrogen-bond acceptors (Lipinski definition) is 3. The second kappa shape index (κ2) is 10.7. The number of nitrogens with two attached hydrogens (primary N) is 1. The van der Waals surface area contributed by atoms with Crippen molar-refractivity contribution in [1.82, 2.24) is 5.32 Å². The predicted octanol–water partition coefficient (Wildman–Crippen LogP) is 3.26. The first kappa shape index (κ1) is 21.0. The number of ether oxygens (including phenoxy) is 1. The van der Waals surface area contributed by atoms with Crippen molar-refractivity contribution in [2.45, 2.75) is 38.8 Å². The third-order valence-electron chi connectivity index (χ3n) is 3.89. The lowest BCUT2D eigenvalue weighted by Crippen LogP contribution is -2.45. The van der Waals surface area contributed by atoms with Gasteiger partial charge >= 0.3 is 0 Å². The van der Waals surface area contributed by atoms with Crippen LogP contribution in [0.2, 0.25) is 0 Å². The second-order valence-corrected chi connectivity index (χ2v) is 6.01. The normalized spacial score (nSPS) is 12.6. The average molecular weight is 363 g/mol. The Morgan fingerprint density at radius 1 is 1.16 bits per heavy atom. The molecule has 0 heterocycles. The predicted molar refractivity (Wildman–Crippen MR) is 104 cm³/mol. The highest BCUT2D eigenvalue weighted by molar-refractivity contribution is 5.85. The van der Waals surface area contributed by atoms with Crippen LogP contribution in [0.25, 0.3) is 0 Å². The first-order chi connectivity index (χ1) is 11.6. The lowest BCUT2D eigenvalue weighted by Gasteiger charge is -2.20. The molecule has 0 saturated carbocycles. The molecule has 25 heavy (non-hydrogen) atoms. The van der Waals surface area contributed by atoms with E-state index in [1.54, 1.807) is 0 Å². The van der Waals surface area contributed by atoms with Crippen LogP contribution in [-0.4, -0.2) is 24.6 Å². The van der Waals surface area contributed by atoms with E-state index >= 15 is 0 Å². The van der Waals surface area contributed by atoms with Gasteiger partial charge in [-0.15, -0.1) is 12.4 Å². The van der Waals surface area contributed by atoms with Crippen molar-refractivity contribution in [1.29, 1.82) is 0 Å². The van der Waals surface area contributed by atoms with Crippen molar-refractivity contribution in [2.75, 3.05) is 6.54 Å². The van der Waals surface area contributed by atoms with Gasteiger partial charge in [-0.3, -0.25) is 4.79 Å². The maximum Gasteiger partial charge on any atom is 0.237 e. The summed E-state index contributed by atoms with van der Waals surface area (Å²) in [6.45, 7) is 4.51. The largest absolute Gasteiger partial charge is 0.489 e. The molecule has 1 unspecified atom stereocenters. The zero-order chi connectivity index (χ0) is 17.4. The Hall–Kier alpha value is -2.04. The van der Waals surface area contributed by atoms with Gasteiger partial charge in [0, 0.05) is 0 Å². The van der Waals surface area contributed by atoms with Crippen LogP contribution in [0.5, 0.6) is 5.75 Å². The standard InChI is InChI=1S/C20H26N2O2.ClH/c1-3-17(24-18-11-7-8-15(2)12-18)14-22-20(23)19(21)13-16-9-5-4-6-10-16;/h4-12,17,19H,3,13-14,21H2,1-2H3,(H,22,23);1H/t17?,19-;/m0./s1. The summed E-state index contributed by atoms with van der Waals surface area (Å²) < 4.78 is 5.94. The molecule has 0 aliphatic heterocycles. The van der Waals surface area contributed by atoms with Gasteiger partial charge in [0.1, 0.15) is 11.9 Å². The summed E-state index contributed by atoms with van der Waals surface area (Å²) in [5.41, 5.74) is 8.20. The summed E-state index contributed by atoms with van der Waals surface area (Å²) in [4.78, 5) is 12.2. The van der Waals surface area contributed by atoms with Crippen molar-refractivity contribution in [3.63, 3.8) is 0 Å². The average Bonchev–Trinajstić information content (AvgIpc) is 2.59. The van der Waals surface area contributed by atoms with Gasteiger partial charge in [-0.1, -0.05) is 49.4 Å². The number of hydrogen-bond donors (Lipinski definition) is 2. The number of halogens is 1. The van der Waals surface area contributed by atoms with E-state index in [2.05, 4.69) is 5.32 Å². The molecular formula is C20H27ClN2O2. The topological polar surface area (TPSA) is 64.4 Å². The minimum Gasteiger partial charge on any atom is -0.489 e. The highest BCUT2D eigenvalue weighted by Gasteiger charge is 2.16. The molecule has 1 amide bonds. The third kappa shape index (κ3) is 7.16. The Morgan fingerprint density at radius 2 is 1.88 bits per heavy atom. The van der Waals surface area contributed by atoms with Crippen molar-refractivity contribution in [2.24, 2.45) is 5.73 Å². The minimum atomic E-state index is -0.552. The zero-order valence-electron chi connectivity index (χ0n) is 14.8. The molecule has 0 bridgehead atoms. The molecule has 2 aromatic carbocycles. The Kier molecular flexibility index (Phi) is 9.03. The Bertz CT molecular complexity index is 649. The van der Waals surface area contributed by atoms with Crippen LogP contribution in [0, 0.1) is 6.92 Å². The third-order valence-corrected chi connectivity index (χ3v) is 3.89. The van der Waals surface area contributed by atoms with Gasteiger partial charge in [0.15, 0.2) is 0 Å². The summed E-state index contributed by atoms with van der Waals surface area (Å²) in [5.74, 6) is 0.676. The fourth-order valence-electron chi connectivity index (χ4n) is 2.46. The SMILES string of the molecule is CCC(CNC(=O)[C@@H](N)Cc1ccccc1)Oc1cccc(C)c1.Cl. The van der Waals surface area contributed by atoms with Crippen LogP contribution in [0.3, 0.4) is 0 Å². The van der Waals surface area contributed by atoms with E-state index in [1.807, 2.05) is 68.4 Å². The van der Waals surface area contributed by atoms with Crippen LogP contribution in [0.1, 0.15) is 24.5 Å². The first-order valence-corrected chi connectivity index (χ1v) is 8.39. The number of carbonyl (C=O) groups excluding carboxylic acids is 1. The molecule has 0 aliphatic carbocycles. The fraction of sp³-hybridized carbons (Fsp3) is 0.350. The van der Waals surface area contributed by atoms with Gasteiger partial charge in [0.05, 0.1) is 12.6 Å². The number of carbonyl (C=O) groups is 1. The molecule has 2 atom stereocenters. The van der Waals surface area contributed by atoms with Crippen LogP contribution in [0.4, 0.5) is 0 Å². The number of benzene rings is 2. The van der Waals surface area contributed by atoms with Crippen molar-refractivity contribution < 1.29 is 9.53 Å². The number of rotatable bonds is 8. The van der Waals surface area contributed by atoms with Crippen molar-refractivity contribution >= 4 is 18.3 Å². The fourth-order valence-corrected chi connectivity index (χ4v) is 2.46. The highest BCUT2D eigenvalue weighted by Crippen LogP contribution is 2.15. The molecule has 2 rings (SSSR count). The lowest BCUT2D eigenvalue weighted by atomic mass is 10.1. The summed E-state index contributed by atoms with van der Waals surface area (Å²) in [5, 5.41) is 2.90. The molecule has 5 heteroatoms. The summed E-state index contributed by atoms with van der Waals surface area (Å²) >= 11 is 0. The minimum absolute atomic E-state index is 0. The Morgan fingerprint density at radius 3 is 2.52 bits per heavy atom. The van der Waals surface area contributed by atoms with Crippen LogP contribution in [0.15, 0.2) is 54.6 Å². The van der Waals surface area contributed by atoms with Crippen molar-refractivity contribution in [3.05, 3.63) is 65.7 Å². The molecule has 0 fully saturated rings. The maximum absolute atomic E-state index is 12.2. The summed E-state index contributed by atoms with van der Waals surface area (Å²) in [6.07, 6.45) is 1.27. The van der Waals surface area contributed by atoms with Gasteiger partial charge in [-0.2, -0.15) is 0 Å². The molecule has 0 saturated heterocycles. The molecule has 2 aromatic rings. The molecule has 4 nitrogen and oxygen atoms in total. The monoisotopic (exact) mass is 362 g/mol. The Balaban J connectivity index is 0.00000312. The van der Waals surface area contributed by atoms with Crippen LogP contribution < -0.4 is 15.8 Å². The van der Waals surface area contributed by atoms with E-state index in [-0.39, 0.29) is 24.4 Å². The molecule has 0 aromatic heterocycles. The smallest absolute Gasteiger partial charge is 0.237 e. The zero-order valence-corrected chi connectivity index (χ0v) is 15.6. The van der Waals surface area contributed by atoms with Gasteiger partial charge in [0.2, 0.25) is 5.91 Å². The quantitative estimate of drug-likeness (QED) is 0.757. The molecular weight excluding hydrogens is 336 g/mol. The summed E-state index contributed by atoms with van der Waals surface area (Å²) in [6, 6.07) is 17.2. The van der Waals surface area contributed by atoms with E-state index in [4.69, 9.17) is 10.5 Å². The van der Waals surface area contributed by atoms with Gasteiger partial charge < -0.3 is 15.8 Å². The number of aryl methyl sites for hydroxylation is 1. The second-order valence-electron chi connectivity index (χ2n) is 6.01. The van der Waals surface area contributed by atoms with Gasteiger partial charge in [0.25, 0.3) is 0 Å². The molecule has 0 spiro atoms. The molecule has 0 radical (unpaired) electrons. The first-order valence-electron chi connectivity index (χ1n) is 8.39. The summed E-state index contributed by atoms with van der Waals surface area (Å²) in [7, 11) is 0. The molecule has 0 aliphatic rings. The van der Waals surface area contributed by atoms with E-state index < -0.39 is 6.04 Å². The number of nitrogens with one attached hydrogen (secondary N) is 1. The van der Waals surface area contributed by atoms with Crippen LogP contribution >= 0.6 is 12.4 Å². The molecule has 136 valence electrons. The van der Waals surface area contributed by atoms with E-state index in [0.29, 0.717) is 13.0 Å². The van der Waals surface area contributed by atoms with E-state index in [0.717, 1.165) is 23.3 Å². The van der Waals surface area contributed by atoms with Crippen molar-refractivity contribution in [3.8, 4) is 5.75 Å². The Labute approximate surface area is 156 Å².